The number of hydrogen-bond acceptors (Lipinski definition) is 5. The number of ether oxygens (including phenoxy) is 1. The van der Waals surface area contributed by atoms with Crippen molar-refractivity contribution in [2.75, 3.05) is 12.4 Å². The summed E-state index contributed by atoms with van der Waals surface area (Å²) in [6.07, 6.45) is 0.649. The van der Waals surface area contributed by atoms with E-state index in [0.717, 1.165) is 0 Å². The van der Waals surface area contributed by atoms with E-state index in [1.54, 1.807) is 0 Å². The molecule has 0 saturated carbocycles. The topological polar surface area (TPSA) is 89.6 Å². The first-order valence-corrected chi connectivity index (χ1v) is 4.92. The van der Waals surface area contributed by atoms with Crippen LogP contribution < -0.4 is 5.73 Å². The number of nitrogens with two attached hydrogens (primary N) is 1. The molecule has 0 aromatic rings. The minimum absolute atomic E-state index is 0.231. The fourth-order valence-electron chi connectivity index (χ4n) is 0.920. The van der Waals surface area contributed by atoms with Crippen molar-refractivity contribution in [3.63, 3.8) is 0 Å². The number of carbonyl (C=O) groups excluding carboxylic acids is 1. The Labute approximate surface area is 79.6 Å². The van der Waals surface area contributed by atoms with Gasteiger partial charge in [-0.2, -0.15) is 0 Å². The number of carbonyl (C=O) groups is 2. The number of aliphatic carboxylic acids is 1. The number of cyclic esters (lactones) is 1. The highest BCUT2D eigenvalue weighted by Crippen LogP contribution is 2.21. The van der Waals surface area contributed by atoms with Gasteiger partial charge in [0.2, 0.25) is 0 Å². The lowest BCUT2D eigenvalue weighted by Gasteiger charge is -2.07. The molecule has 3 N–H and O–H groups in total. The molecule has 13 heavy (non-hydrogen) atoms. The Bertz CT molecular complexity index is 221. The Morgan fingerprint density at radius 2 is 2.54 bits per heavy atom. The van der Waals surface area contributed by atoms with E-state index in [-0.39, 0.29) is 17.0 Å². The van der Waals surface area contributed by atoms with Crippen molar-refractivity contribution in [1.29, 1.82) is 0 Å². The van der Waals surface area contributed by atoms with Crippen LogP contribution in [0.2, 0.25) is 0 Å². The number of carboxylic acid groups (broad SMARTS) is 1. The number of hydrogen-bond donors (Lipinski definition) is 2. The molecule has 0 aliphatic carbocycles. The summed E-state index contributed by atoms with van der Waals surface area (Å²) in [7, 11) is 0. The molecule has 0 aromatic carbocycles. The second-order valence-electron chi connectivity index (χ2n) is 2.72. The van der Waals surface area contributed by atoms with Crippen molar-refractivity contribution < 1.29 is 19.4 Å². The smallest absolute Gasteiger partial charge is 0.321 e. The fraction of sp³-hybridized carbons (Fsp3) is 0.714. The van der Waals surface area contributed by atoms with Gasteiger partial charge in [-0.3, -0.25) is 9.59 Å². The minimum Gasteiger partial charge on any atom is -0.480 e. The van der Waals surface area contributed by atoms with Crippen LogP contribution in [0.5, 0.6) is 0 Å². The predicted octanol–water partition coefficient (Wildman–Crippen LogP) is -0.553. The molecule has 6 heteroatoms. The van der Waals surface area contributed by atoms with E-state index in [9.17, 15) is 9.59 Å². The van der Waals surface area contributed by atoms with Gasteiger partial charge in [0, 0.05) is 12.2 Å². The molecule has 0 bridgehead atoms. The summed E-state index contributed by atoms with van der Waals surface area (Å²) in [5.74, 6) is -1.06. The lowest BCUT2D eigenvalue weighted by molar-refractivity contribution is -0.138. The van der Waals surface area contributed by atoms with Crippen LogP contribution in [0, 0.1) is 0 Å². The van der Waals surface area contributed by atoms with Crippen molar-refractivity contribution in [1.82, 2.24) is 0 Å². The Balaban J connectivity index is 2.25. The highest BCUT2D eigenvalue weighted by molar-refractivity contribution is 8.00. The van der Waals surface area contributed by atoms with Gasteiger partial charge in [0.1, 0.15) is 11.3 Å². The second-order valence-corrected chi connectivity index (χ2v) is 3.96. The van der Waals surface area contributed by atoms with Crippen LogP contribution in [0.4, 0.5) is 0 Å². The van der Waals surface area contributed by atoms with E-state index >= 15 is 0 Å². The van der Waals surface area contributed by atoms with Crippen LogP contribution in [-0.2, 0) is 14.3 Å². The molecular formula is C7H11NO4S. The monoisotopic (exact) mass is 205 g/mol. The molecular weight excluding hydrogens is 194 g/mol. The van der Waals surface area contributed by atoms with E-state index in [4.69, 9.17) is 15.6 Å². The average molecular weight is 205 g/mol. The molecule has 1 heterocycles. The normalized spacial score (nSPS) is 24.1. The lowest BCUT2D eigenvalue weighted by atomic mass is 10.4. The maximum Gasteiger partial charge on any atom is 0.321 e. The molecule has 1 rings (SSSR count). The van der Waals surface area contributed by atoms with E-state index in [0.29, 0.717) is 13.0 Å². The predicted molar refractivity (Wildman–Crippen MR) is 47.4 cm³/mol. The van der Waals surface area contributed by atoms with Gasteiger partial charge < -0.3 is 15.6 Å². The summed E-state index contributed by atoms with van der Waals surface area (Å²) in [6, 6.07) is -0.904. The molecule has 2 atom stereocenters. The quantitative estimate of drug-likeness (QED) is 0.598. The summed E-state index contributed by atoms with van der Waals surface area (Å²) in [6.45, 7) is 0.429. The Kier molecular flexibility index (Phi) is 3.56. The van der Waals surface area contributed by atoms with Crippen LogP contribution >= 0.6 is 11.8 Å². The number of thioether (sulfide) groups is 1. The zero-order valence-corrected chi connectivity index (χ0v) is 7.75. The van der Waals surface area contributed by atoms with Gasteiger partial charge in [-0.1, -0.05) is 0 Å². The lowest BCUT2D eigenvalue weighted by Crippen LogP contribution is -2.33. The van der Waals surface area contributed by atoms with Gasteiger partial charge >= 0.3 is 11.9 Å². The van der Waals surface area contributed by atoms with Gasteiger partial charge in [0.15, 0.2) is 0 Å². The van der Waals surface area contributed by atoms with Crippen LogP contribution in [0.1, 0.15) is 6.42 Å². The van der Waals surface area contributed by atoms with E-state index in [1.165, 1.54) is 11.8 Å². The molecule has 5 nitrogen and oxygen atoms in total. The SMILES string of the molecule is N[C@@H](CSC1CCOC1=O)C(=O)O. The first-order chi connectivity index (χ1) is 6.11. The second kappa shape index (κ2) is 4.48. The average Bonchev–Trinajstić information content (AvgIpc) is 2.47. The van der Waals surface area contributed by atoms with Gasteiger partial charge in [-0.05, 0) is 0 Å². The molecule has 74 valence electrons. The Morgan fingerprint density at radius 1 is 1.85 bits per heavy atom. The minimum atomic E-state index is -1.04. The van der Waals surface area contributed by atoms with Crippen molar-refractivity contribution in [3.05, 3.63) is 0 Å². The van der Waals surface area contributed by atoms with Crippen LogP contribution in [0.25, 0.3) is 0 Å². The van der Waals surface area contributed by atoms with E-state index < -0.39 is 12.0 Å². The highest BCUT2D eigenvalue weighted by atomic mass is 32.2. The summed E-state index contributed by atoms with van der Waals surface area (Å²) >= 11 is 1.25. The van der Waals surface area contributed by atoms with Crippen LogP contribution in [0.3, 0.4) is 0 Å². The van der Waals surface area contributed by atoms with Gasteiger partial charge in [0.25, 0.3) is 0 Å². The van der Waals surface area contributed by atoms with Crippen LogP contribution in [-0.4, -0.2) is 40.7 Å². The molecule has 1 aliphatic rings. The van der Waals surface area contributed by atoms with E-state index in [1.807, 2.05) is 0 Å². The third-order valence-electron chi connectivity index (χ3n) is 1.68. The van der Waals surface area contributed by atoms with Crippen molar-refractivity contribution in [2.45, 2.75) is 17.7 Å². The molecule has 0 amide bonds. The molecule has 1 aliphatic heterocycles. The molecule has 1 fully saturated rings. The summed E-state index contributed by atoms with van der Waals surface area (Å²) in [5, 5.41) is 8.24. The first-order valence-electron chi connectivity index (χ1n) is 3.88. The number of carboxylic acids is 1. The third kappa shape index (κ3) is 2.89. The number of esters is 1. The van der Waals surface area contributed by atoms with Crippen molar-refractivity contribution in [2.24, 2.45) is 5.73 Å². The Hall–Kier alpha value is -0.750. The van der Waals surface area contributed by atoms with Crippen molar-refractivity contribution in [3.8, 4) is 0 Å². The molecule has 0 radical (unpaired) electrons. The third-order valence-corrected chi connectivity index (χ3v) is 3.06. The summed E-state index contributed by atoms with van der Waals surface area (Å²) in [5.41, 5.74) is 5.27. The fourth-order valence-corrected chi connectivity index (χ4v) is 1.97. The highest BCUT2D eigenvalue weighted by Gasteiger charge is 2.28. The maximum absolute atomic E-state index is 10.9. The zero-order valence-electron chi connectivity index (χ0n) is 6.93. The molecule has 0 aromatic heterocycles. The van der Waals surface area contributed by atoms with Gasteiger partial charge in [0.05, 0.1) is 6.61 Å². The molecule has 0 spiro atoms. The summed E-state index contributed by atoms with van der Waals surface area (Å²) < 4.78 is 4.71. The number of rotatable bonds is 4. The molecule has 1 saturated heterocycles. The van der Waals surface area contributed by atoms with Crippen molar-refractivity contribution >= 4 is 23.7 Å². The maximum atomic E-state index is 10.9. The molecule has 1 unspecified atom stereocenters. The van der Waals surface area contributed by atoms with Crippen LogP contribution in [0.15, 0.2) is 0 Å². The first kappa shape index (κ1) is 10.3. The van der Waals surface area contributed by atoms with Gasteiger partial charge in [-0.15, -0.1) is 11.8 Å². The van der Waals surface area contributed by atoms with Gasteiger partial charge in [-0.25, -0.2) is 0 Å². The Morgan fingerprint density at radius 3 is 3.00 bits per heavy atom. The van der Waals surface area contributed by atoms with E-state index in [2.05, 4.69) is 0 Å². The standard InChI is InChI=1S/C7H11NO4S/c8-4(6(9)10)3-13-5-1-2-12-7(5)11/h4-5H,1-3,8H2,(H,9,10)/t4-,5?/m0/s1. The summed E-state index contributed by atoms with van der Waals surface area (Å²) in [4.78, 5) is 21.3. The largest absolute Gasteiger partial charge is 0.480 e. The zero-order chi connectivity index (χ0) is 9.84.